The molecular formula is C8H15NS. The van der Waals surface area contributed by atoms with Gasteiger partial charge in [0.25, 0.3) is 0 Å². The largest absolute Gasteiger partial charge is 0.253 e. The molecule has 10 heavy (non-hydrogen) atoms. The van der Waals surface area contributed by atoms with E-state index in [0.29, 0.717) is 0 Å². The number of nitrogens with zero attached hydrogens (tertiary/aromatic N) is 1. The molecule has 0 aromatic rings. The summed E-state index contributed by atoms with van der Waals surface area (Å²) in [6.07, 6.45) is 7.72. The first-order valence-electron chi connectivity index (χ1n) is 3.83. The lowest BCUT2D eigenvalue weighted by atomic mass is 10.1. The highest BCUT2D eigenvalue weighted by Gasteiger charge is 2.04. The number of hydrogen-bond donors (Lipinski definition) is 0. The zero-order valence-electron chi connectivity index (χ0n) is 6.76. The SMILES string of the molecule is CN(C)SC1=CCCCC1. The third-order valence-corrected chi connectivity index (χ3v) is 2.52. The fraction of sp³-hybridized carbons (Fsp3) is 0.750. The van der Waals surface area contributed by atoms with Gasteiger partial charge in [-0.1, -0.05) is 6.08 Å². The minimum absolute atomic E-state index is 1.29. The molecule has 0 spiro atoms. The lowest BCUT2D eigenvalue weighted by Gasteiger charge is -2.15. The van der Waals surface area contributed by atoms with Crippen molar-refractivity contribution >= 4 is 11.9 Å². The third-order valence-electron chi connectivity index (χ3n) is 1.55. The molecule has 0 atom stereocenters. The summed E-state index contributed by atoms with van der Waals surface area (Å²) in [5.74, 6) is 0. The molecule has 0 saturated carbocycles. The van der Waals surface area contributed by atoms with Crippen molar-refractivity contribution in [3.8, 4) is 0 Å². The van der Waals surface area contributed by atoms with Crippen LogP contribution in [-0.2, 0) is 0 Å². The molecule has 1 rings (SSSR count). The van der Waals surface area contributed by atoms with Gasteiger partial charge in [0.1, 0.15) is 0 Å². The zero-order chi connectivity index (χ0) is 7.40. The van der Waals surface area contributed by atoms with Crippen LogP contribution in [-0.4, -0.2) is 18.4 Å². The van der Waals surface area contributed by atoms with Crippen LogP contribution in [0.2, 0.25) is 0 Å². The Labute approximate surface area is 67.6 Å². The Bertz CT molecular complexity index is 129. The van der Waals surface area contributed by atoms with Crippen LogP contribution in [0.3, 0.4) is 0 Å². The average molecular weight is 157 g/mol. The van der Waals surface area contributed by atoms with Crippen molar-refractivity contribution in [3.63, 3.8) is 0 Å². The molecule has 0 amide bonds. The van der Waals surface area contributed by atoms with E-state index >= 15 is 0 Å². The topological polar surface area (TPSA) is 3.24 Å². The van der Waals surface area contributed by atoms with Crippen LogP contribution >= 0.6 is 11.9 Å². The summed E-state index contributed by atoms with van der Waals surface area (Å²) in [5.41, 5.74) is 0. The van der Waals surface area contributed by atoms with Crippen molar-refractivity contribution in [2.75, 3.05) is 14.1 Å². The van der Waals surface area contributed by atoms with E-state index in [1.807, 2.05) is 11.9 Å². The lowest BCUT2D eigenvalue weighted by molar-refractivity contribution is 0.689. The molecule has 0 fully saturated rings. The molecular weight excluding hydrogens is 142 g/mol. The van der Waals surface area contributed by atoms with Crippen molar-refractivity contribution in [2.45, 2.75) is 25.7 Å². The Morgan fingerprint density at radius 1 is 1.40 bits per heavy atom. The van der Waals surface area contributed by atoms with Gasteiger partial charge in [0.2, 0.25) is 0 Å². The highest BCUT2D eigenvalue weighted by atomic mass is 32.2. The Balaban J connectivity index is 2.31. The van der Waals surface area contributed by atoms with Crippen molar-refractivity contribution in [1.82, 2.24) is 4.31 Å². The Hall–Kier alpha value is 0.0500. The van der Waals surface area contributed by atoms with Crippen LogP contribution in [0.25, 0.3) is 0 Å². The smallest absolute Gasteiger partial charge is 0.00253 e. The molecule has 0 aromatic heterocycles. The second kappa shape index (κ2) is 4.04. The molecule has 0 unspecified atom stereocenters. The van der Waals surface area contributed by atoms with Crippen LogP contribution in [0.4, 0.5) is 0 Å². The minimum atomic E-state index is 1.29. The summed E-state index contributed by atoms with van der Waals surface area (Å²) in [6, 6.07) is 0. The van der Waals surface area contributed by atoms with E-state index in [0.717, 1.165) is 0 Å². The van der Waals surface area contributed by atoms with Gasteiger partial charge in [0, 0.05) is 0 Å². The molecule has 2 heteroatoms. The summed E-state index contributed by atoms with van der Waals surface area (Å²) >= 11 is 1.87. The maximum absolute atomic E-state index is 2.37. The fourth-order valence-electron chi connectivity index (χ4n) is 1.13. The number of hydrogen-bond acceptors (Lipinski definition) is 2. The molecule has 0 aromatic carbocycles. The van der Waals surface area contributed by atoms with E-state index in [1.54, 1.807) is 4.91 Å². The predicted octanol–water partition coefficient (Wildman–Crippen LogP) is 2.65. The van der Waals surface area contributed by atoms with Crippen molar-refractivity contribution < 1.29 is 0 Å². The molecule has 0 N–H and O–H groups in total. The van der Waals surface area contributed by atoms with Gasteiger partial charge >= 0.3 is 0 Å². The summed E-state index contributed by atoms with van der Waals surface area (Å²) in [5, 5.41) is 0. The second-order valence-electron chi connectivity index (χ2n) is 2.82. The summed E-state index contributed by atoms with van der Waals surface area (Å²) in [7, 11) is 4.19. The normalized spacial score (nSPS) is 19.3. The van der Waals surface area contributed by atoms with Gasteiger partial charge < -0.3 is 0 Å². The molecule has 1 nitrogen and oxygen atoms in total. The summed E-state index contributed by atoms with van der Waals surface area (Å²) in [4.78, 5) is 1.55. The predicted molar refractivity (Wildman–Crippen MR) is 47.8 cm³/mol. The Morgan fingerprint density at radius 3 is 2.70 bits per heavy atom. The first-order valence-corrected chi connectivity index (χ1v) is 4.60. The van der Waals surface area contributed by atoms with Crippen molar-refractivity contribution in [2.24, 2.45) is 0 Å². The lowest BCUT2D eigenvalue weighted by Crippen LogP contribution is -2.01. The maximum atomic E-state index is 2.37. The first-order chi connectivity index (χ1) is 4.79. The van der Waals surface area contributed by atoms with Crippen molar-refractivity contribution in [1.29, 1.82) is 0 Å². The van der Waals surface area contributed by atoms with E-state index in [9.17, 15) is 0 Å². The zero-order valence-corrected chi connectivity index (χ0v) is 7.58. The molecule has 58 valence electrons. The van der Waals surface area contributed by atoms with Crippen LogP contribution in [0.5, 0.6) is 0 Å². The molecule has 0 radical (unpaired) electrons. The van der Waals surface area contributed by atoms with Gasteiger partial charge in [-0.05, 0) is 56.6 Å². The molecule has 0 saturated heterocycles. The average Bonchev–Trinajstić information content (AvgIpc) is 1.88. The van der Waals surface area contributed by atoms with Crippen LogP contribution < -0.4 is 0 Å². The number of allylic oxidation sites excluding steroid dienone is 2. The molecule has 1 aliphatic rings. The monoisotopic (exact) mass is 157 g/mol. The minimum Gasteiger partial charge on any atom is -0.253 e. The van der Waals surface area contributed by atoms with E-state index in [1.165, 1.54) is 25.7 Å². The van der Waals surface area contributed by atoms with Gasteiger partial charge in [0.15, 0.2) is 0 Å². The molecule has 0 bridgehead atoms. The van der Waals surface area contributed by atoms with E-state index < -0.39 is 0 Å². The third kappa shape index (κ3) is 2.76. The van der Waals surface area contributed by atoms with Crippen molar-refractivity contribution in [3.05, 3.63) is 11.0 Å². The highest BCUT2D eigenvalue weighted by molar-refractivity contribution is 8.00. The van der Waals surface area contributed by atoms with Gasteiger partial charge in [0.05, 0.1) is 0 Å². The maximum Gasteiger partial charge on any atom is -0.00253 e. The van der Waals surface area contributed by atoms with E-state index in [4.69, 9.17) is 0 Å². The molecule has 1 aliphatic carbocycles. The van der Waals surface area contributed by atoms with Crippen LogP contribution in [0.15, 0.2) is 11.0 Å². The first kappa shape index (κ1) is 8.15. The van der Waals surface area contributed by atoms with Crippen LogP contribution in [0, 0.1) is 0 Å². The fourth-order valence-corrected chi connectivity index (χ4v) is 2.02. The Morgan fingerprint density at radius 2 is 2.20 bits per heavy atom. The molecule has 0 heterocycles. The van der Waals surface area contributed by atoms with Gasteiger partial charge in [-0.25, -0.2) is 0 Å². The van der Waals surface area contributed by atoms with E-state index in [2.05, 4.69) is 24.5 Å². The quantitative estimate of drug-likeness (QED) is 0.567. The van der Waals surface area contributed by atoms with E-state index in [-0.39, 0.29) is 0 Å². The number of rotatable bonds is 2. The highest BCUT2D eigenvalue weighted by Crippen LogP contribution is 2.27. The van der Waals surface area contributed by atoms with Gasteiger partial charge in [-0.2, -0.15) is 0 Å². The molecule has 0 aliphatic heterocycles. The van der Waals surface area contributed by atoms with Gasteiger partial charge in [-0.3, -0.25) is 4.31 Å². The standard InChI is InChI=1S/C8H15NS/c1-9(2)10-8-6-4-3-5-7-8/h6H,3-5,7H2,1-2H3. The summed E-state index contributed by atoms with van der Waals surface area (Å²) < 4.78 is 2.16. The summed E-state index contributed by atoms with van der Waals surface area (Å²) in [6.45, 7) is 0. The Kier molecular flexibility index (Phi) is 3.29. The second-order valence-corrected chi connectivity index (χ2v) is 4.26. The van der Waals surface area contributed by atoms with Crippen LogP contribution in [0.1, 0.15) is 25.7 Å². The van der Waals surface area contributed by atoms with Gasteiger partial charge in [-0.15, -0.1) is 0 Å².